The van der Waals surface area contributed by atoms with Crippen molar-refractivity contribution in [2.75, 3.05) is 24.6 Å². The summed E-state index contributed by atoms with van der Waals surface area (Å²) in [7, 11) is 1.75. The normalized spacial score (nSPS) is 26.0. The number of imidazole rings is 1. The van der Waals surface area contributed by atoms with Crippen molar-refractivity contribution in [3.8, 4) is 0 Å². The Kier molecular flexibility index (Phi) is 7.61. The van der Waals surface area contributed by atoms with Crippen molar-refractivity contribution in [3.63, 3.8) is 0 Å². The smallest absolute Gasteiger partial charge is 0.350 e. The van der Waals surface area contributed by atoms with Gasteiger partial charge in [-0.15, -0.1) is 0 Å². The zero-order chi connectivity index (χ0) is 29.1. The third-order valence-corrected chi connectivity index (χ3v) is 9.58. The summed E-state index contributed by atoms with van der Waals surface area (Å²) in [6, 6.07) is 7.57. The summed E-state index contributed by atoms with van der Waals surface area (Å²) in [5.41, 5.74) is 2.17. The van der Waals surface area contributed by atoms with Gasteiger partial charge in [0.25, 0.3) is 0 Å². The van der Waals surface area contributed by atoms with E-state index < -0.39 is 5.92 Å². The molecule has 1 unspecified atom stereocenters. The number of aryl methyl sites for hydroxylation is 2. The van der Waals surface area contributed by atoms with Crippen LogP contribution < -0.4 is 10.6 Å². The maximum atomic E-state index is 14.1. The highest BCUT2D eigenvalue weighted by Crippen LogP contribution is 2.51. The van der Waals surface area contributed by atoms with Crippen LogP contribution in [0.4, 0.5) is 14.6 Å². The van der Waals surface area contributed by atoms with Gasteiger partial charge in [0, 0.05) is 62.7 Å². The number of halogens is 3. The number of nitrogens with zero attached hydrogens (tertiary/aromatic N) is 6. The summed E-state index contributed by atoms with van der Waals surface area (Å²) in [5, 5.41) is 0.631. The molecule has 11 heteroatoms. The van der Waals surface area contributed by atoms with Crippen LogP contribution >= 0.6 is 11.6 Å². The predicted octanol–water partition coefficient (Wildman–Crippen LogP) is 5.35. The second-order valence-corrected chi connectivity index (χ2v) is 12.6. The lowest BCUT2D eigenvalue weighted by Gasteiger charge is -2.53. The molecule has 1 saturated carbocycles. The number of piperazine rings is 1. The lowest BCUT2D eigenvalue weighted by Crippen LogP contribution is -2.60. The van der Waals surface area contributed by atoms with E-state index in [0.717, 1.165) is 42.9 Å². The zero-order valence-electron chi connectivity index (χ0n) is 24.2. The molecule has 0 spiro atoms. The first kappa shape index (κ1) is 28.6. The number of ether oxygens (including phenoxy) is 1. The Bertz CT molecular complexity index is 1460. The molecule has 8 nitrogen and oxygen atoms in total. The Morgan fingerprint density at radius 1 is 1.17 bits per heavy atom. The van der Waals surface area contributed by atoms with Crippen LogP contribution in [0.25, 0.3) is 11.2 Å². The summed E-state index contributed by atoms with van der Waals surface area (Å²) in [4.78, 5) is 27.3. The molecule has 6 rings (SSSR count). The minimum absolute atomic E-state index is 0.0142. The van der Waals surface area contributed by atoms with E-state index in [9.17, 15) is 13.6 Å². The molecule has 2 aliphatic heterocycles. The largest absolute Gasteiger partial charge is 0.376 e. The van der Waals surface area contributed by atoms with Crippen LogP contribution in [0.2, 0.25) is 5.02 Å². The molecule has 0 amide bonds. The molecule has 2 aromatic heterocycles. The summed E-state index contributed by atoms with van der Waals surface area (Å²) in [6.45, 7) is 8.90. The van der Waals surface area contributed by atoms with Crippen molar-refractivity contribution < 1.29 is 13.5 Å². The lowest BCUT2D eigenvalue weighted by molar-refractivity contribution is -0.137. The number of alkyl halides is 2. The maximum absolute atomic E-state index is 14.1. The minimum atomic E-state index is -2.61. The minimum Gasteiger partial charge on any atom is -0.376 e. The van der Waals surface area contributed by atoms with Crippen LogP contribution in [0.3, 0.4) is 0 Å². The molecular formula is C30H39ClF2N6O2. The molecule has 4 atom stereocenters. The fraction of sp³-hybridized carbons (Fsp3) is 0.633. The first-order chi connectivity index (χ1) is 19.6. The number of hydrogen-bond acceptors (Lipinski definition) is 6. The quantitative estimate of drug-likeness (QED) is 0.371. The highest BCUT2D eigenvalue weighted by atomic mass is 35.5. The molecule has 3 aromatic rings. The number of benzene rings is 1. The predicted molar refractivity (Wildman–Crippen MR) is 156 cm³/mol. The van der Waals surface area contributed by atoms with Gasteiger partial charge in [-0.3, -0.25) is 9.47 Å². The third-order valence-electron chi connectivity index (χ3n) is 9.32. The fourth-order valence-electron chi connectivity index (χ4n) is 7.15. The topological polar surface area (TPSA) is 68.4 Å². The van der Waals surface area contributed by atoms with E-state index in [1.165, 1.54) is 0 Å². The maximum Gasteiger partial charge on any atom is 0.350 e. The molecule has 1 aromatic carbocycles. The van der Waals surface area contributed by atoms with E-state index in [0.29, 0.717) is 36.0 Å². The van der Waals surface area contributed by atoms with Gasteiger partial charge in [-0.2, -0.15) is 4.98 Å². The van der Waals surface area contributed by atoms with Crippen molar-refractivity contribution in [2.45, 2.75) is 89.6 Å². The van der Waals surface area contributed by atoms with Crippen LogP contribution in [0.1, 0.15) is 63.4 Å². The summed E-state index contributed by atoms with van der Waals surface area (Å²) < 4.78 is 37.8. The average Bonchev–Trinajstić information content (AvgIpc) is 3.55. The molecule has 0 N–H and O–H groups in total. The molecule has 2 saturated heterocycles. The van der Waals surface area contributed by atoms with Gasteiger partial charge in [0.1, 0.15) is 17.0 Å². The van der Waals surface area contributed by atoms with Crippen LogP contribution in [0, 0.1) is 12.8 Å². The standard InChI is InChI=1S/C30H39ClF2N6O2/c1-5-23-16-37(18(2)15-39(23)26(21-13-30(32,33)14-21)20-8-10-22(31)11-9-20)27-25-28(36(4)29(40)35-27)38(19(3)34-25)17-24-7-6-12-41-24/h8-11,18,21,23-24,26H,5-7,12-17H2,1-4H3/t18-,23+,24-,26?/m0/s1. The first-order valence-corrected chi connectivity index (χ1v) is 15.1. The van der Waals surface area contributed by atoms with Gasteiger partial charge >= 0.3 is 5.69 Å². The van der Waals surface area contributed by atoms with Crippen LogP contribution in [0.15, 0.2) is 29.1 Å². The van der Waals surface area contributed by atoms with Crippen molar-refractivity contribution >= 4 is 28.6 Å². The van der Waals surface area contributed by atoms with E-state index in [1.807, 2.05) is 31.2 Å². The van der Waals surface area contributed by atoms with E-state index >= 15 is 0 Å². The van der Waals surface area contributed by atoms with Crippen molar-refractivity contribution in [1.82, 2.24) is 24.0 Å². The first-order valence-electron chi connectivity index (χ1n) is 14.8. The second kappa shape index (κ2) is 10.9. The molecule has 3 fully saturated rings. The third kappa shape index (κ3) is 5.27. The van der Waals surface area contributed by atoms with Gasteiger partial charge in [0.15, 0.2) is 5.82 Å². The van der Waals surface area contributed by atoms with E-state index in [-0.39, 0.29) is 48.7 Å². The Morgan fingerprint density at radius 3 is 2.54 bits per heavy atom. The lowest BCUT2D eigenvalue weighted by atomic mass is 9.73. The Balaban J connectivity index is 1.35. The number of rotatable bonds is 7. The van der Waals surface area contributed by atoms with Gasteiger partial charge in [0.2, 0.25) is 5.92 Å². The van der Waals surface area contributed by atoms with Crippen LogP contribution in [-0.4, -0.2) is 67.8 Å². The Morgan fingerprint density at radius 2 is 1.90 bits per heavy atom. The highest BCUT2D eigenvalue weighted by Gasteiger charge is 2.51. The Hall–Kier alpha value is -2.56. The molecule has 3 aliphatic rings. The van der Waals surface area contributed by atoms with Crippen LogP contribution in [-0.2, 0) is 18.3 Å². The monoisotopic (exact) mass is 588 g/mol. The van der Waals surface area contributed by atoms with E-state index in [4.69, 9.17) is 21.3 Å². The van der Waals surface area contributed by atoms with Crippen LogP contribution in [0.5, 0.6) is 0 Å². The SMILES string of the molecule is CC[C@@H]1CN(c2nc(=O)n(C)c3c2nc(C)n3C[C@@H]2CCCO2)[C@@H](C)CN1C(c1ccc(Cl)cc1)C1CC(F)(F)C1. The van der Waals surface area contributed by atoms with Gasteiger partial charge in [-0.25, -0.2) is 18.6 Å². The van der Waals surface area contributed by atoms with E-state index in [1.54, 1.807) is 11.6 Å². The molecular weight excluding hydrogens is 550 g/mol. The summed E-state index contributed by atoms with van der Waals surface area (Å²) in [6.07, 6.45) is 2.75. The second-order valence-electron chi connectivity index (χ2n) is 12.1. The highest BCUT2D eigenvalue weighted by molar-refractivity contribution is 6.30. The molecule has 1 aliphatic carbocycles. The average molecular weight is 589 g/mol. The van der Waals surface area contributed by atoms with Crippen molar-refractivity contribution in [1.29, 1.82) is 0 Å². The number of anilines is 1. The number of aromatic nitrogens is 4. The number of fused-ring (bicyclic) bond motifs is 1. The molecule has 0 radical (unpaired) electrons. The van der Waals surface area contributed by atoms with E-state index in [2.05, 4.69) is 33.2 Å². The van der Waals surface area contributed by atoms with Gasteiger partial charge in [0.05, 0.1) is 12.6 Å². The summed E-state index contributed by atoms with van der Waals surface area (Å²) in [5.74, 6) is -1.32. The van der Waals surface area contributed by atoms with Crippen molar-refractivity contribution in [3.05, 3.63) is 51.2 Å². The Labute approximate surface area is 244 Å². The summed E-state index contributed by atoms with van der Waals surface area (Å²) >= 11 is 6.18. The van der Waals surface area contributed by atoms with Gasteiger partial charge in [-0.05, 0) is 56.7 Å². The van der Waals surface area contributed by atoms with Crippen molar-refractivity contribution in [2.24, 2.45) is 13.0 Å². The molecule has 222 valence electrons. The molecule has 0 bridgehead atoms. The fourth-order valence-corrected chi connectivity index (χ4v) is 7.28. The number of hydrogen-bond donors (Lipinski definition) is 0. The zero-order valence-corrected chi connectivity index (χ0v) is 24.9. The molecule has 41 heavy (non-hydrogen) atoms. The van der Waals surface area contributed by atoms with Gasteiger partial charge < -0.3 is 14.2 Å². The van der Waals surface area contributed by atoms with Gasteiger partial charge in [-0.1, -0.05) is 30.7 Å². The molecule has 4 heterocycles.